The van der Waals surface area contributed by atoms with Crippen LogP contribution in [0.1, 0.15) is 25.2 Å². The van der Waals surface area contributed by atoms with Gasteiger partial charge in [-0.2, -0.15) is 0 Å². The Balaban J connectivity index is 1.75. The molecule has 0 bridgehead atoms. The Morgan fingerprint density at radius 2 is 1.18 bits per heavy atom. The Bertz CT molecular complexity index is 1100. The normalized spacial score (nSPS) is 11.4. The molecule has 0 fully saturated rings. The predicted molar refractivity (Wildman–Crippen MR) is 119 cm³/mol. The largest absolute Gasteiger partial charge is 0.252 e. The molecule has 0 radical (unpaired) electrons. The fraction of sp³-hybridized carbons (Fsp3) is 0.120. The zero-order valence-electron chi connectivity index (χ0n) is 16.0. The Morgan fingerprint density at radius 3 is 1.86 bits per heavy atom. The van der Waals surface area contributed by atoms with Gasteiger partial charge in [0, 0.05) is 21.4 Å². The van der Waals surface area contributed by atoms with Crippen LogP contribution in [0.3, 0.4) is 0 Å². The average Bonchev–Trinajstić information content (AvgIpc) is 2.75. The molecule has 3 heteroatoms. The third kappa shape index (κ3) is 3.58. The summed E-state index contributed by atoms with van der Waals surface area (Å²) < 4.78 is 0. The van der Waals surface area contributed by atoms with Gasteiger partial charge in [-0.3, -0.25) is 9.97 Å². The first-order valence-corrected chi connectivity index (χ1v) is 9.79. The van der Waals surface area contributed by atoms with Gasteiger partial charge in [-0.15, -0.1) is 12.6 Å². The van der Waals surface area contributed by atoms with Gasteiger partial charge in [0.05, 0.1) is 22.8 Å². The van der Waals surface area contributed by atoms with Crippen LogP contribution in [-0.2, 0) is 5.41 Å². The van der Waals surface area contributed by atoms with Crippen LogP contribution in [0.4, 0.5) is 0 Å². The van der Waals surface area contributed by atoms with Gasteiger partial charge in [-0.1, -0.05) is 60.7 Å². The van der Waals surface area contributed by atoms with Gasteiger partial charge in [0.1, 0.15) is 0 Å². The number of rotatable bonds is 4. The molecule has 0 amide bonds. The highest BCUT2D eigenvalue weighted by Crippen LogP contribution is 2.32. The van der Waals surface area contributed by atoms with Crippen molar-refractivity contribution in [2.24, 2.45) is 0 Å². The van der Waals surface area contributed by atoms with Crippen LogP contribution in [-0.4, -0.2) is 9.97 Å². The predicted octanol–water partition coefficient (Wildman–Crippen LogP) is 6.43. The van der Waals surface area contributed by atoms with Crippen LogP contribution < -0.4 is 0 Å². The molecule has 0 aliphatic rings. The van der Waals surface area contributed by atoms with Crippen molar-refractivity contribution >= 4 is 12.6 Å². The highest BCUT2D eigenvalue weighted by molar-refractivity contribution is 7.80. The van der Waals surface area contributed by atoms with Gasteiger partial charge >= 0.3 is 0 Å². The number of aromatic nitrogens is 2. The molecule has 0 aliphatic heterocycles. The molecule has 0 atom stereocenters. The van der Waals surface area contributed by atoms with E-state index in [9.17, 15) is 0 Å². The fourth-order valence-electron chi connectivity index (χ4n) is 3.31. The monoisotopic (exact) mass is 382 g/mol. The van der Waals surface area contributed by atoms with Crippen LogP contribution in [0.2, 0.25) is 0 Å². The molecular weight excluding hydrogens is 360 g/mol. The summed E-state index contributed by atoms with van der Waals surface area (Å²) in [5.41, 5.74) is 5.71. The molecule has 0 aliphatic carbocycles. The second-order valence-electron chi connectivity index (χ2n) is 7.32. The number of pyridine rings is 2. The lowest BCUT2D eigenvalue weighted by Gasteiger charge is -2.25. The molecule has 2 heterocycles. The van der Waals surface area contributed by atoms with E-state index in [1.807, 2.05) is 42.5 Å². The summed E-state index contributed by atoms with van der Waals surface area (Å²) >= 11 is 4.59. The van der Waals surface area contributed by atoms with Crippen molar-refractivity contribution < 1.29 is 0 Å². The molecule has 0 N–H and O–H groups in total. The molecule has 2 nitrogen and oxygen atoms in total. The Hall–Kier alpha value is -2.91. The summed E-state index contributed by atoms with van der Waals surface area (Å²) in [5.74, 6) is 0. The molecule has 4 rings (SSSR count). The van der Waals surface area contributed by atoms with Crippen molar-refractivity contribution in [1.82, 2.24) is 9.97 Å². The van der Waals surface area contributed by atoms with Gasteiger partial charge in [-0.05, 0) is 44.2 Å². The summed E-state index contributed by atoms with van der Waals surface area (Å²) in [6, 6.07) is 30.7. The first-order valence-electron chi connectivity index (χ1n) is 9.34. The molecule has 0 unspecified atom stereocenters. The molecule has 28 heavy (non-hydrogen) atoms. The van der Waals surface area contributed by atoms with E-state index in [0.717, 1.165) is 38.8 Å². The van der Waals surface area contributed by atoms with Gasteiger partial charge < -0.3 is 0 Å². The highest BCUT2D eigenvalue weighted by Gasteiger charge is 2.27. The lowest BCUT2D eigenvalue weighted by Crippen LogP contribution is -2.22. The van der Waals surface area contributed by atoms with Crippen molar-refractivity contribution in [3.63, 3.8) is 0 Å². The molecule has 138 valence electrons. The Kier molecular flexibility index (Phi) is 5.01. The zero-order valence-corrected chi connectivity index (χ0v) is 16.9. The minimum absolute atomic E-state index is 0.327. The summed E-state index contributed by atoms with van der Waals surface area (Å²) in [6.45, 7) is 4.34. The number of thiol groups is 1. The van der Waals surface area contributed by atoms with Crippen molar-refractivity contribution in [3.8, 4) is 22.5 Å². The van der Waals surface area contributed by atoms with Crippen molar-refractivity contribution in [2.45, 2.75) is 24.2 Å². The Morgan fingerprint density at radius 1 is 0.607 bits per heavy atom. The van der Waals surface area contributed by atoms with E-state index in [1.165, 1.54) is 0 Å². The number of hydrogen-bond acceptors (Lipinski definition) is 3. The molecule has 2 aromatic carbocycles. The van der Waals surface area contributed by atoms with E-state index >= 15 is 0 Å². The third-order valence-corrected chi connectivity index (χ3v) is 5.42. The second kappa shape index (κ2) is 7.61. The maximum atomic E-state index is 4.97. The summed E-state index contributed by atoms with van der Waals surface area (Å²) in [5, 5.41) is 0. The van der Waals surface area contributed by atoms with Crippen LogP contribution in [0.15, 0.2) is 95.9 Å². The van der Waals surface area contributed by atoms with Gasteiger partial charge in [0.15, 0.2) is 0 Å². The smallest absolute Gasteiger partial charge is 0.0716 e. The van der Waals surface area contributed by atoms with Crippen LogP contribution in [0.25, 0.3) is 22.5 Å². The maximum absolute atomic E-state index is 4.97. The molecular formula is C25H22N2S. The third-order valence-electron chi connectivity index (χ3n) is 5.03. The lowest BCUT2D eigenvalue weighted by atomic mass is 9.84. The number of benzene rings is 2. The quantitative estimate of drug-likeness (QED) is 0.412. The van der Waals surface area contributed by atoms with Crippen LogP contribution in [0, 0.1) is 0 Å². The Labute approximate surface area is 171 Å². The minimum Gasteiger partial charge on any atom is -0.252 e. The lowest BCUT2D eigenvalue weighted by molar-refractivity contribution is 0.596. The highest BCUT2D eigenvalue weighted by atomic mass is 32.1. The van der Waals surface area contributed by atoms with Crippen LogP contribution >= 0.6 is 12.6 Å². The van der Waals surface area contributed by atoms with Gasteiger partial charge in [0.2, 0.25) is 0 Å². The van der Waals surface area contributed by atoms with E-state index in [0.29, 0.717) is 0 Å². The van der Waals surface area contributed by atoms with Gasteiger partial charge in [0.25, 0.3) is 0 Å². The fourth-order valence-corrected chi connectivity index (χ4v) is 3.58. The van der Waals surface area contributed by atoms with Crippen LogP contribution in [0.5, 0.6) is 0 Å². The van der Waals surface area contributed by atoms with E-state index in [-0.39, 0.29) is 5.41 Å². The topological polar surface area (TPSA) is 25.8 Å². The SMILES string of the molecule is CC(C)(c1cccc(-c2ccccc2)n1)c1cccc(-c2ccccc2S)n1. The van der Waals surface area contributed by atoms with Crippen molar-refractivity contribution in [3.05, 3.63) is 102 Å². The first kappa shape index (κ1) is 18.5. The van der Waals surface area contributed by atoms with E-state index in [4.69, 9.17) is 9.97 Å². The summed E-state index contributed by atoms with van der Waals surface area (Å²) in [4.78, 5) is 10.8. The first-order chi connectivity index (χ1) is 13.6. The summed E-state index contributed by atoms with van der Waals surface area (Å²) in [7, 11) is 0. The molecule has 0 saturated carbocycles. The van der Waals surface area contributed by atoms with E-state index in [2.05, 4.69) is 75.0 Å². The maximum Gasteiger partial charge on any atom is 0.0716 e. The molecule has 2 aromatic heterocycles. The second-order valence-corrected chi connectivity index (χ2v) is 7.81. The van der Waals surface area contributed by atoms with E-state index in [1.54, 1.807) is 0 Å². The van der Waals surface area contributed by atoms with Gasteiger partial charge in [-0.25, -0.2) is 0 Å². The van der Waals surface area contributed by atoms with E-state index < -0.39 is 0 Å². The number of hydrogen-bond donors (Lipinski definition) is 1. The van der Waals surface area contributed by atoms with Crippen molar-refractivity contribution in [1.29, 1.82) is 0 Å². The minimum atomic E-state index is -0.327. The molecule has 0 saturated heterocycles. The molecule has 0 spiro atoms. The number of nitrogens with zero attached hydrogens (tertiary/aromatic N) is 2. The van der Waals surface area contributed by atoms with Crippen molar-refractivity contribution in [2.75, 3.05) is 0 Å². The average molecular weight is 383 g/mol. The zero-order chi connectivity index (χ0) is 19.6. The standard InChI is InChI=1S/C25H22N2S/c1-25(2,23-16-8-13-20(26-23)18-10-4-3-5-11-18)24-17-9-14-21(27-24)19-12-6-7-15-22(19)28/h3-17,28H,1-2H3. The molecule has 4 aromatic rings. The summed E-state index contributed by atoms with van der Waals surface area (Å²) in [6.07, 6.45) is 0.